The van der Waals surface area contributed by atoms with Crippen molar-refractivity contribution < 1.29 is 0 Å². The molecule has 4 rings (SSSR count). The van der Waals surface area contributed by atoms with Crippen molar-refractivity contribution in [2.24, 2.45) is 0 Å². The van der Waals surface area contributed by atoms with E-state index in [4.69, 9.17) is 11.6 Å². The summed E-state index contributed by atoms with van der Waals surface area (Å²) < 4.78 is 3.48. The monoisotopic (exact) mass is 451 g/mol. The summed E-state index contributed by atoms with van der Waals surface area (Å²) in [4.78, 5) is 17.6. The lowest BCUT2D eigenvalue weighted by Gasteiger charge is -2.10. The van der Waals surface area contributed by atoms with Gasteiger partial charge in [-0.15, -0.1) is 5.10 Å². The van der Waals surface area contributed by atoms with Gasteiger partial charge in [0.05, 0.1) is 17.9 Å². The first-order valence-electron chi connectivity index (χ1n) is 10.8. The van der Waals surface area contributed by atoms with Crippen molar-refractivity contribution in [2.75, 3.05) is 0 Å². The maximum absolute atomic E-state index is 13.1. The molecule has 0 saturated carbocycles. The highest BCUT2D eigenvalue weighted by atomic mass is 35.5. The van der Waals surface area contributed by atoms with E-state index in [1.165, 1.54) is 0 Å². The molecule has 0 aliphatic heterocycles. The van der Waals surface area contributed by atoms with Crippen LogP contribution in [0.25, 0.3) is 22.6 Å². The Morgan fingerprint density at radius 1 is 1.16 bits per heavy atom. The molecule has 0 fully saturated rings. The van der Waals surface area contributed by atoms with Crippen LogP contribution in [0.2, 0.25) is 5.15 Å². The van der Waals surface area contributed by atoms with E-state index < -0.39 is 0 Å². The van der Waals surface area contributed by atoms with Gasteiger partial charge >= 0.3 is 5.69 Å². The topological polar surface area (TPSA) is 94.3 Å². The van der Waals surface area contributed by atoms with Gasteiger partial charge < -0.3 is 0 Å². The number of hydrogen-bond acceptors (Lipinski definition) is 5. The summed E-state index contributed by atoms with van der Waals surface area (Å²) in [5, 5.41) is 14.7. The molecule has 0 saturated heterocycles. The number of tetrazole rings is 1. The van der Waals surface area contributed by atoms with Gasteiger partial charge in [-0.05, 0) is 54.8 Å². The molecule has 3 aromatic heterocycles. The van der Waals surface area contributed by atoms with Crippen molar-refractivity contribution in [3.8, 4) is 22.6 Å². The third kappa shape index (κ3) is 4.23. The van der Waals surface area contributed by atoms with Crippen molar-refractivity contribution in [1.82, 2.24) is 34.7 Å². The molecule has 0 bridgehead atoms. The second kappa shape index (κ2) is 9.48. The SMILES string of the molecule is CCCCc1c(Cl)n(C(C)C)c(=O)n1Cc1ccc(-c2ncccc2-c2nnn[nH]2)cc1. The molecule has 9 heteroatoms. The van der Waals surface area contributed by atoms with Crippen molar-refractivity contribution in [3.63, 3.8) is 0 Å². The quantitative estimate of drug-likeness (QED) is 0.425. The number of nitrogens with zero attached hydrogens (tertiary/aromatic N) is 6. The third-order valence-electron chi connectivity index (χ3n) is 5.47. The first-order chi connectivity index (χ1) is 15.5. The number of unbranched alkanes of at least 4 members (excludes halogenated alkanes) is 1. The lowest BCUT2D eigenvalue weighted by atomic mass is 10.0. The Hall–Kier alpha value is -3.26. The Morgan fingerprint density at radius 2 is 1.94 bits per heavy atom. The van der Waals surface area contributed by atoms with Gasteiger partial charge in [0.15, 0.2) is 5.82 Å². The van der Waals surface area contributed by atoms with Crippen LogP contribution in [-0.2, 0) is 13.0 Å². The van der Waals surface area contributed by atoms with Crippen LogP contribution >= 0.6 is 11.6 Å². The minimum atomic E-state index is -0.0648. The molecule has 1 aromatic carbocycles. The van der Waals surface area contributed by atoms with E-state index in [0.29, 0.717) is 17.5 Å². The normalized spacial score (nSPS) is 11.4. The Morgan fingerprint density at radius 3 is 2.59 bits per heavy atom. The van der Waals surface area contributed by atoms with Gasteiger partial charge in [-0.25, -0.2) is 9.89 Å². The van der Waals surface area contributed by atoms with Crippen molar-refractivity contribution >= 4 is 11.6 Å². The zero-order chi connectivity index (χ0) is 22.7. The van der Waals surface area contributed by atoms with Gasteiger partial charge in [0.2, 0.25) is 0 Å². The molecule has 0 unspecified atom stereocenters. The fraction of sp³-hybridized carbons (Fsp3) is 0.348. The second-order valence-corrected chi connectivity index (χ2v) is 8.38. The Kier molecular flexibility index (Phi) is 6.50. The molecule has 8 nitrogen and oxygen atoms in total. The summed E-state index contributed by atoms with van der Waals surface area (Å²) in [6.07, 6.45) is 4.55. The number of hydrogen-bond donors (Lipinski definition) is 1. The van der Waals surface area contributed by atoms with Gasteiger partial charge in [0.1, 0.15) is 5.15 Å². The van der Waals surface area contributed by atoms with E-state index >= 15 is 0 Å². The maximum atomic E-state index is 13.1. The van der Waals surface area contributed by atoms with Crippen LogP contribution in [0.3, 0.4) is 0 Å². The van der Waals surface area contributed by atoms with Crippen LogP contribution in [0.15, 0.2) is 47.4 Å². The highest BCUT2D eigenvalue weighted by Gasteiger charge is 2.20. The van der Waals surface area contributed by atoms with Gasteiger partial charge in [-0.1, -0.05) is 49.2 Å². The van der Waals surface area contributed by atoms with Crippen LogP contribution in [0.1, 0.15) is 50.9 Å². The summed E-state index contributed by atoms with van der Waals surface area (Å²) in [5.74, 6) is 0.564. The summed E-state index contributed by atoms with van der Waals surface area (Å²) >= 11 is 6.62. The Balaban J connectivity index is 1.66. The molecule has 0 radical (unpaired) electrons. The van der Waals surface area contributed by atoms with E-state index in [1.807, 2.05) is 50.2 Å². The average Bonchev–Trinajstić information content (AvgIpc) is 3.40. The van der Waals surface area contributed by atoms with Gasteiger partial charge in [-0.3, -0.25) is 14.1 Å². The second-order valence-electron chi connectivity index (χ2n) is 8.02. The van der Waals surface area contributed by atoms with E-state index in [0.717, 1.165) is 47.3 Å². The zero-order valence-electron chi connectivity index (χ0n) is 18.4. The third-order valence-corrected chi connectivity index (χ3v) is 5.87. The lowest BCUT2D eigenvalue weighted by Crippen LogP contribution is -2.26. The van der Waals surface area contributed by atoms with Gasteiger partial charge in [0.25, 0.3) is 0 Å². The molecule has 0 aliphatic rings. The number of aromatic nitrogens is 7. The van der Waals surface area contributed by atoms with Crippen molar-refractivity contribution in [1.29, 1.82) is 0 Å². The molecule has 4 aromatic rings. The fourth-order valence-electron chi connectivity index (χ4n) is 3.82. The number of halogens is 1. The Bertz CT molecular complexity index is 1240. The average molecular weight is 452 g/mol. The predicted octanol–water partition coefficient (Wildman–Crippen LogP) is 4.52. The standard InChI is InChI=1S/C23H26ClN7O/c1-4-5-8-19-21(24)31(15(2)3)23(32)30(19)14-16-9-11-17(12-10-16)20-18(7-6-13-25-20)22-26-28-29-27-22/h6-7,9-13,15H,4-5,8,14H2,1-3H3,(H,26,27,28,29). The van der Waals surface area contributed by atoms with E-state index in [9.17, 15) is 4.79 Å². The number of imidazole rings is 1. The number of H-pyrrole nitrogens is 1. The highest BCUT2D eigenvalue weighted by molar-refractivity contribution is 6.30. The smallest absolute Gasteiger partial charge is 0.290 e. The van der Waals surface area contributed by atoms with Gasteiger partial charge in [0, 0.05) is 23.4 Å². The number of pyridine rings is 1. The summed E-state index contributed by atoms with van der Waals surface area (Å²) in [7, 11) is 0. The first kappa shape index (κ1) is 22.0. The number of rotatable bonds is 8. The molecule has 1 N–H and O–H groups in total. The molecule has 166 valence electrons. The molecular weight excluding hydrogens is 426 g/mol. The lowest BCUT2D eigenvalue weighted by molar-refractivity contribution is 0.560. The summed E-state index contributed by atoms with van der Waals surface area (Å²) in [6, 6.07) is 11.8. The first-order valence-corrected chi connectivity index (χ1v) is 11.2. The molecule has 0 atom stereocenters. The van der Waals surface area contributed by atoms with E-state index in [-0.39, 0.29) is 11.7 Å². The van der Waals surface area contributed by atoms with Crippen LogP contribution in [0.5, 0.6) is 0 Å². The van der Waals surface area contributed by atoms with Crippen LogP contribution in [-0.4, -0.2) is 34.7 Å². The number of nitrogens with one attached hydrogen (secondary N) is 1. The minimum Gasteiger partial charge on any atom is -0.290 e. The molecule has 0 aliphatic carbocycles. The Labute approximate surface area is 191 Å². The number of aromatic amines is 1. The zero-order valence-corrected chi connectivity index (χ0v) is 19.2. The highest BCUT2D eigenvalue weighted by Crippen LogP contribution is 2.28. The van der Waals surface area contributed by atoms with Crippen LogP contribution in [0, 0.1) is 0 Å². The van der Waals surface area contributed by atoms with Crippen molar-refractivity contribution in [3.05, 3.63) is 69.5 Å². The summed E-state index contributed by atoms with van der Waals surface area (Å²) in [5.41, 5.74) is 4.41. The van der Waals surface area contributed by atoms with Gasteiger partial charge in [-0.2, -0.15) is 0 Å². The number of benzene rings is 1. The van der Waals surface area contributed by atoms with E-state index in [2.05, 4.69) is 32.5 Å². The van der Waals surface area contributed by atoms with Crippen LogP contribution < -0.4 is 5.69 Å². The fourth-order valence-corrected chi connectivity index (χ4v) is 4.29. The molecule has 32 heavy (non-hydrogen) atoms. The maximum Gasteiger partial charge on any atom is 0.330 e. The van der Waals surface area contributed by atoms with E-state index in [1.54, 1.807) is 15.3 Å². The molecule has 0 spiro atoms. The summed E-state index contributed by atoms with van der Waals surface area (Å²) in [6.45, 7) is 6.56. The molecule has 0 amide bonds. The minimum absolute atomic E-state index is 0.00663. The van der Waals surface area contributed by atoms with Crippen molar-refractivity contribution in [2.45, 2.75) is 52.6 Å². The largest absolute Gasteiger partial charge is 0.330 e. The predicted molar refractivity (Wildman–Crippen MR) is 125 cm³/mol. The molecular formula is C23H26ClN7O. The molecule has 3 heterocycles. The van der Waals surface area contributed by atoms with Crippen LogP contribution in [0.4, 0.5) is 0 Å².